The lowest BCUT2D eigenvalue weighted by atomic mass is 9.87. The Bertz CT molecular complexity index is 1220. The van der Waals surface area contributed by atoms with E-state index >= 15 is 0 Å². The fourth-order valence-corrected chi connectivity index (χ4v) is 6.74. The molecule has 6 nitrogen and oxygen atoms in total. The number of oxazole rings is 1. The number of aromatic nitrogens is 1. The number of anilines is 1. The molecule has 39 heavy (non-hydrogen) atoms. The first-order valence-corrected chi connectivity index (χ1v) is 14.1. The molecular weight excluding hydrogens is 505 g/mol. The second-order valence-corrected chi connectivity index (χ2v) is 11.1. The minimum absolute atomic E-state index is 0.203. The average Bonchev–Trinajstić information content (AvgIpc) is 3.49. The summed E-state index contributed by atoms with van der Waals surface area (Å²) in [4.78, 5) is 7.15. The van der Waals surface area contributed by atoms with E-state index in [2.05, 4.69) is 55.6 Å². The van der Waals surface area contributed by atoms with Crippen molar-refractivity contribution in [1.29, 1.82) is 0 Å². The Morgan fingerprint density at radius 2 is 1.62 bits per heavy atom. The summed E-state index contributed by atoms with van der Waals surface area (Å²) >= 11 is 0. The summed E-state index contributed by atoms with van der Waals surface area (Å²) in [6.07, 6.45) is 6.36. The van der Waals surface area contributed by atoms with Gasteiger partial charge < -0.3 is 19.8 Å². The molecule has 1 saturated carbocycles. The van der Waals surface area contributed by atoms with Crippen LogP contribution in [0.15, 0.2) is 65.2 Å². The zero-order valence-corrected chi connectivity index (χ0v) is 21.9. The minimum Gasteiger partial charge on any atom is -0.424 e. The summed E-state index contributed by atoms with van der Waals surface area (Å²) in [6, 6.07) is 19.1. The van der Waals surface area contributed by atoms with Crippen LogP contribution in [0.5, 0.6) is 5.75 Å². The molecule has 1 aromatic heterocycles. The molecule has 3 heterocycles. The third-order valence-corrected chi connectivity index (χ3v) is 8.56. The van der Waals surface area contributed by atoms with Gasteiger partial charge in [0.15, 0.2) is 5.76 Å². The van der Waals surface area contributed by atoms with Crippen LogP contribution in [-0.4, -0.2) is 46.5 Å². The van der Waals surface area contributed by atoms with Crippen LogP contribution >= 0.6 is 0 Å². The topological polar surface area (TPSA) is 62.6 Å². The van der Waals surface area contributed by atoms with Crippen molar-refractivity contribution >= 4 is 6.01 Å². The van der Waals surface area contributed by atoms with E-state index in [-0.39, 0.29) is 11.8 Å². The largest absolute Gasteiger partial charge is 0.573 e. The van der Waals surface area contributed by atoms with Gasteiger partial charge in [0, 0.05) is 42.3 Å². The number of benzene rings is 2. The van der Waals surface area contributed by atoms with Crippen LogP contribution in [-0.2, 0) is 6.54 Å². The first-order chi connectivity index (χ1) is 18.9. The second-order valence-electron chi connectivity index (χ2n) is 11.1. The third kappa shape index (κ3) is 6.25. The lowest BCUT2D eigenvalue weighted by Crippen LogP contribution is -2.58. The summed E-state index contributed by atoms with van der Waals surface area (Å²) in [5.74, 6) is 0.232. The molecule has 2 aliphatic heterocycles. The fourth-order valence-electron chi connectivity index (χ4n) is 6.74. The molecular formula is C30H35F3N4O2. The Balaban J connectivity index is 1.09. The predicted molar refractivity (Wildman–Crippen MR) is 143 cm³/mol. The van der Waals surface area contributed by atoms with Crippen molar-refractivity contribution in [3.05, 3.63) is 66.4 Å². The number of hydrogen-bond donors (Lipinski definition) is 2. The Kier molecular flexibility index (Phi) is 7.53. The molecule has 3 aromatic rings. The normalized spacial score (nSPS) is 27.4. The van der Waals surface area contributed by atoms with Gasteiger partial charge in [-0.15, -0.1) is 13.2 Å². The highest BCUT2D eigenvalue weighted by Gasteiger charge is 2.43. The van der Waals surface area contributed by atoms with E-state index in [1.807, 2.05) is 0 Å². The van der Waals surface area contributed by atoms with E-state index < -0.39 is 6.36 Å². The molecule has 3 fully saturated rings. The van der Waals surface area contributed by atoms with Crippen molar-refractivity contribution in [2.75, 3.05) is 5.32 Å². The first kappa shape index (κ1) is 26.2. The molecule has 0 spiro atoms. The summed E-state index contributed by atoms with van der Waals surface area (Å²) < 4.78 is 47.3. The van der Waals surface area contributed by atoms with E-state index in [9.17, 15) is 13.2 Å². The number of hydrogen-bond acceptors (Lipinski definition) is 6. The van der Waals surface area contributed by atoms with Crippen LogP contribution in [0.25, 0.3) is 11.3 Å². The number of nitrogens with one attached hydrogen (secondary N) is 2. The number of ether oxygens (including phenoxy) is 1. The molecule has 3 aliphatic rings. The SMILES string of the molecule is FC(F)(F)Oc1ccc(-c2cnc(N[C@@H]3CCCC[C@H]3NC3CCC4CCC3N4Cc3ccccc3)o2)cc1. The van der Waals surface area contributed by atoms with E-state index in [0.29, 0.717) is 41.5 Å². The van der Waals surface area contributed by atoms with Crippen molar-refractivity contribution in [3.63, 3.8) is 0 Å². The Hall–Kier alpha value is -3.04. The number of nitrogens with zero attached hydrogens (tertiary/aromatic N) is 2. The molecule has 6 rings (SSSR count). The summed E-state index contributed by atoms with van der Waals surface area (Å²) in [5.41, 5.74) is 2.02. The predicted octanol–water partition coefficient (Wildman–Crippen LogP) is 6.75. The van der Waals surface area contributed by atoms with Gasteiger partial charge in [-0.1, -0.05) is 43.2 Å². The van der Waals surface area contributed by atoms with Gasteiger partial charge in [-0.2, -0.15) is 0 Å². The summed E-state index contributed by atoms with van der Waals surface area (Å²) in [5, 5.41) is 7.58. The van der Waals surface area contributed by atoms with Gasteiger partial charge in [0.1, 0.15) is 5.75 Å². The van der Waals surface area contributed by atoms with Gasteiger partial charge in [0.05, 0.1) is 6.20 Å². The first-order valence-electron chi connectivity index (χ1n) is 14.1. The van der Waals surface area contributed by atoms with Crippen molar-refractivity contribution in [2.45, 2.75) is 94.5 Å². The number of fused-ring (bicyclic) bond motifs is 2. The monoisotopic (exact) mass is 540 g/mol. The smallest absolute Gasteiger partial charge is 0.424 e. The van der Waals surface area contributed by atoms with Gasteiger partial charge >= 0.3 is 6.36 Å². The van der Waals surface area contributed by atoms with Crippen LogP contribution in [0.1, 0.15) is 56.9 Å². The van der Waals surface area contributed by atoms with Crippen molar-refractivity contribution in [2.24, 2.45) is 0 Å². The molecule has 9 heteroatoms. The van der Waals surface area contributed by atoms with E-state index in [0.717, 1.165) is 25.8 Å². The molecule has 2 N–H and O–H groups in total. The lowest BCUT2D eigenvalue weighted by Gasteiger charge is -2.44. The minimum atomic E-state index is -4.72. The van der Waals surface area contributed by atoms with Crippen LogP contribution in [0.3, 0.4) is 0 Å². The average molecular weight is 541 g/mol. The maximum absolute atomic E-state index is 12.5. The molecule has 2 bridgehead atoms. The van der Waals surface area contributed by atoms with Crippen LogP contribution in [0.2, 0.25) is 0 Å². The zero-order chi connectivity index (χ0) is 26.8. The van der Waals surface area contributed by atoms with Crippen LogP contribution < -0.4 is 15.4 Å². The second kappa shape index (κ2) is 11.2. The number of halogens is 3. The van der Waals surface area contributed by atoms with Crippen LogP contribution in [0, 0.1) is 0 Å². The highest BCUT2D eigenvalue weighted by atomic mass is 19.4. The Morgan fingerprint density at radius 1 is 0.872 bits per heavy atom. The van der Waals surface area contributed by atoms with Gasteiger partial charge in [-0.25, -0.2) is 4.98 Å². The zero-order valence-electron chi connectivity index (χ0n) is 21.9. The number of piperidine rings is 1. The van der Waals surface area contributed by atoms with Gasteiger partial charge in [0.25, 0.3) is 6.01 Å². The fraction of sp³-hybridized carbons (Fsp3) is 0.500. The number of rotatable bonds is 8. The highest BCUT2D eigenvalue weighted by Crippen LogP contribution is 2.38. The van der Waals surface area contributed by atoms with Crippen LogP contribution in [0.4, 0.5) is 19.2 Å². The summed E-state index contributed by atoms with van der Waals surface area (Å²) in [7, 11) is 0. The molecule has 208 valence electrons. The van der Waals surface area contributed by atoms with Gasteiger partial charge in [-0.05, 0) is 68.4 Å². The Morgan fingerprint density at radius 3 is 2.38 bits per heavy atom. The molecule has 2 saturated heterocycles. The van der Waals surface area contributed by atoms with Crippen molar-refractivity contribution in [1.82, 2.24) is 15.2 Å². The van der Waals surface area contributed by atoms with Gasteiger partial charge in [-0.3, -0.25) is 4.90 Å². The quantitative estimate of drug-likeness (QED) is 0.330. The van der Waals surface area contributed by atoms with Crippen molar-refractivity contribution in [3.8, 4) is 17.1 Å². The highest BCUT2D eigenvalue weighted by molar-refractivity contribution is 5.58. The molecule has 0 amide bonds. The maximum atomic E-state index is 12.5. The van der Waals surface area contributed by atoms with Gasteiger partial charge in [0.2, 0.25) is 0 Å². The molecule has 3 unspecified atom stereocenters. The molecule has 5 atom stereocenters. The maximum Gasteiger partial charge on any atom is 0.573 e. The molecule has 1 aliphatic carbocycles. The Labute approximate surface area is 226 Å². The molecule has 2 aromatic carbocycles. The third-order valence-electron chi connectivity index (χ3n) is 8.56. The number of alkyl halides is 3. The van der Waals surface area contributed by atoms with E-state index in [1.54, 1.807) is 6.20 Å². The standard InChI is InChI=1S/C30H35F3N4O2/c31-30(32,33)39-23-14-10-21(11-15-23)28-18-34-29(38-28)36-25-9-5-4-8-24(25)35-26-16-12-22-13-17-27(26)37(22)19-20-6-2-1-3-7-20/h1-3,6-7,10-11,14-15,18,22,24-27,35H,4-5,8-9,12-13,16-17,19H2,(H,34,36)/t22?,24-,25-,26?,27?/m1/s1. The van der Waals surface area contributed by atoms with E-state index in [1.165, 1.54) is 61.9 Å². The lowest BCUT2D eigenvalue weighted by molar-refractivity contribution is -0.274. The van der Waals surface area contributed by atoms with E-state index in [4.69, 9.17) is 4.42 Å². The molecule has 0 radical (unpaired) electrons. The van der Waals surface area contributed by atoms with Crippen molar-refractivity contribution < 1.29 is 22.3 Å². The summed E-state index contributed by atoms with van der Waals surface area (Å²) in [6.45, 7) is 1.02.